The van der Waals surface area contributed by atoms with Crippen molar-refractivity contribution >= 4 is 11.6 Å². The lowest BCUT2D eigenvalue weighted by atomic mass is 10.0. The summed E-state index contributed by atoms with van der Waals surface area (Å²) in [6.45, 7) is 4.02. The van der Waals surface area contributed by atoms with Gasteiger partial charge in [0.25, 0.3) is 0 Å². The molecule has 2 aromatic rings. The number of hydrogen-bond acceptors (Lipinski definition) is 1. The number of hydrogen-bond donors (Lipinski definition) is 1. The standard InChI is InChI=1S/C16H17ClFN/c1-11(13-7-9-14(17)10-8-13)19-12(2)15-5-3-4-6-16(15)18/h3-12,19H,1-2H3/t11-,12?/m0/s1. The summed E-state index contributed by atoms with van der Waals surface area (Å²) in [6.07, 6.45) is 0. The molecule has 0 radical (unpaired) electrons. The third-order valence-electron chi connectivity index (χ3n) is 3.24. The van der Waals surface area contributed by atoms with Crippen LogP contribution in [-0.4, -0.2) is 0 Å². The first-order chi connectivity index (χ1) is 9.08. The topological polar surface area (TPSA) is 12.0 Å². The molecule has 0 fully saturated rings. The lowest BCUT2D eigenvalue weighted by Gasteiger charge is -2.21. The summed E-state index contributed by atoms with van der Waals surface area (Å²) < 4.78 is 13.7. The van der Waals surface area contributed by atoms with Gasteiger partial charge in [-0.2, -0.15) is 0 Å². The van der Waals surface area contributed by atoms with Gasteiger partial charge in [-0.05, 0) is 37.6 Å². The Balaban J connectivity index is 2.08. The normalized spacial score (nSPS) is 14.1. The maximum Gasteiger partial charge on any atom is 0.127 e. The highest BCUT2D eigenvalue weighted by Crippen LogP contribution is 2.22. The largest absolute Gasteiger partial charge is 0.304 e. The Hall–Kier alpha value is -1.38. The van der Waals surface area contributed by atoms with E-state index < -0.39 is 0 Å². The summed E-state index contributed by atoms with van der Waals surface area (Å²) in [5, 5.41) is 4.11. The zero-order valence-corrected chi connectivity index (χ0v) is 11.8. The SMILES string of the molecule is CC(N[C@@H](C)c1ccc(Cl)cc1)c1ccccc1F. The fourth-order valence-corrected chi connectivity index (χ4v) is 2.26. The molecular weight excluding hydrogens is 261 g/mol. The third-order valence-corrected chi connectivity index (χ3v) is 3.49. The van der Waals surface area contributed by atoms with Crippen molar-refractivity contribution in [3.63, 3.8) is 0 Å². The Morgan fingerprint density at radius 2 is 1.58 bits per heavy atom. The Morgan fingerprint density at radius 1 is 0.947 bits per heavy atom. The molecule has 0 aliphatic carbocycles. The molecule has 0 bridgehead atoms. The van der Waals surface area contributed by atoms with Crippen LogP contribution in [0.25, 0.3) is 0 Å². The highest BCUT2D eigenvalue weighted by molar-refractivity contribution is 6.30. The first-order valence-corrected chi connectivity index (χ1v) is 6.71. The lowest BCUT2D eigenvalue weighted by molar-refractivity contribution is 0.474. The second-order valence-corrected chi connectivity index (χ2v) is 5.12. The molecule has 0 saturated carbocycles. The van der Waals surface area contributed by atoms with Crippen molar-refractivity contribution in [1.29, 1.82) is 0 Å². The van der Waals surface area contributed by atoms with Crippen LogP contribution in [0, 0.1) is 5.82 Å². The van der Waals surface area contributed by atoms with E-state index in [2.05, 4.69) is 12.2 Å². The molecule has 100 valence electrons. The van der Waals surface area contributed by atoms with Gasteiger partial charge in [0.05, 0.1) is 0 Å². The molecule has 0 saturated heterocycles. The van der Waals surface area contributed by atoms with E-state index in [9.17, 15) is 4.39 Å². The predicted octanol–water partition coefficient (Wildman–Crippen LogP) is 4.89. The molecule has 19 heavy (non-hydrogen) atoms. The Morgan fingerprint density at radius 3 is 2.21 bits per heavy atom. The molecule has 1 nitrogen and oxygen atoms in total. The van der Waals surface area contributed by atoms with Gasteiger partial charge in [0, 0.05) is 22.7 Å². The third kappa shape index (κ3) is 3.55. The second-order valence-electron chi connectivity index (χ2n) is 4.68. The average molecular weight is 278 g/mol. The summed E-state index contributed by atoms with van der Waals surface area (Å²) >= 11 is 5.87. The van der Waals surface area contributed by atoms with E-state index >= 15 is 0 Å². The fourth-order valence-electron chi connectivity index (χ4n) is 2.14. The minimum absolute atomic E-state index is 0.0492. The van der Waals surface area contributed by atoms with Gasteiger partial charge in [-0.25, -0.2) is 4.39 Å². The van der Waals surface area contributed by atoms with Gasteiger partial charge in [0.15, 0.2) is 0 Å². The maximum absolute atomic E-state index is 13.7. The zero-order valence-electron chi connectivity index (χ0n) is 11.0. The van der Waals surface area contributed by atoms with Crippen molar-refractivity contribution in [3.8, 4) is 0 Å². The molecule has 0 amide bonds. The smallest absolute Gasteiger partial charge is 0.127 e. The average Bonchev–Trinajstić information content (AvgIpc) is 2.39. The highest BCUT2D eigenvalue weighted by Gasteiger charge is 2.13. The fraction of sp³-hybridized carbons (Fsp3) is 0.250. The van der Waals surface area contributed by atoms with Gasteiger partial charge in [0.1, 0.15) is 5.82 Å². The Kier molecular flexibility index (Phi) is 4.56. The van der Waals surface area contributed by atoms with Gasteiger partial charge in [0.2, 0.25) is 0 Å². The molecule has 0 spiro atoms. The van der Waals surface area contributed by atoms with E-state index in [0.717, 1.165) is 10.6 Å². The van der Waals surface area contributed by atoms with Crippen molar-refractivity contribution < 1.29 is 4.39 Å². The van der Waals surface area contributed by atoms with Gasteiger partial charge in [-0.15, -0.1) is 0 Å². The number of benzene rings is 2. The summed E-state index contributed by atoms with van der Waals surface area (Å²) in [5.41, 5.74) is 1.82. The van der Waals surface area contributed by atoms with Crippen LogP contribution in [0.3, 0.4) is 0 Å². The number of nitrogens with one attached hydrogen (secondary N) is 1. The number of rotatable bonds is 4. The van der Waals surface area contributed by atoms with Crippen LogP contribution in [0.4, 0.5) is 4.39 Å². The van der Waals surface area contributed by atoms with Crippen LogP contribution in [0.1, 0.15) is 37.1 Å². The summed E-state index contributed by atoms with van der Waals surface area (Å²) in [6, 6.07) is 14.6. The van der Waals surface area contributed by atoms with Crippen molar-refractivity contribution in [1.82, 2.24) is 5.32 Å². The molecule has 0 heterocycles. The first-order valence-electron chi connectivity index (χ1n) is 6.34. The minimum atomic E-state index is -0.175. The highest BCUT2D eigenvalue weighted by atomic mass is 35.5. The molecule has 0 aliphatic rings. The van der Waals surface area contributed by atoms with Crippen LogP contribution in [-0.2, 0) is 0 Å². The van der Waals surface area contributed by atoms with Gasteiger partial charge in [-0.1, -0.05) is 41.9 Å². The van der Waals surface area contributed by atoms with Gasteiger partial charge in [-0.3, -0.25) is 0 Å². The molecule has 3 heteroatoms. The van der Waals surface area contributed by atoms with Crippen molar-refractivity contribution in [2.45, 2.75) is 25.9 Å². The van der Waals surface area contributed by atoms with Crippen LogP contribution in [0.2, 0.25) is 5.02 Å². The quantitative estimate of drug-likeness (QED) is 0.839. The molecule has 1 unspecified atom stereocenters. The molecule has 0 aromatic heterocycles. The van der Waals surface area contributed by atoms with E-state index in [0.29, 0.717) is 5.56 Å². The van der Waals surface area contributed by atoms with Crippen LogP contribution in [0.5, 0.6) is 0 Å². The molecule has 1 N–H and O–H groups in total. The zero-order chi connectivity index (χ0) is 13.8. The molecule has 2 atom stereocenters. The molecular formula is C16H17ClFN. The predicted molar refractivity (Wildman–Crippen MR) is 77.8 cm³/mol. The van der Waals surface area contributed by atoms with Gasteiger partial charge < -0.3 is 5.32 Å². The Bertz CT molecular complexity index is 539. The monoisotopic (exact) mass is 277 g/mol. The minimum Gasteiger partial charge on any atom is -0.304 e. The first kappa shape index (κ1) is 14.0. The van der Waals surface area contributed by atoms with Crippen LogP contribution >= 0.6 is 11.6 Å². The van der Waals surface area contributed by atoms with E-state index in [1.165, 1.54) is 6.07 Å². The van der Waals surface area contributed by atoms with E-state index in [-0.39, 0.29) is 17.9 Å². The molecule has 2 rings (SSSR count). The number of halogens is 2. The van der Waals surface area contributed by atoms with Crippen molar-refractivity contribution in [3.05, 3.63) is 70.5 Å². The van der Waals surface area contributed by atoms with Crippen molar-refractivity contribution in [2.75, 3.05) is 0 Å². The van der Waals surface area contributed by atoms with E-state index in [1.807, 2.05) is 43.3 Å². The lowest BCUT2D eigenvalue weighted by Crippen LogP contribution is -2.23. The van der Waals surface area contributed by atoms with E-state index in [1.54, 1.807) is 6.07 Å². The molecule has 0 aliphatic heterocycles. The second kappa shape index (κ2) is 6.18. The van der Waals surface area contributed by atoms with Crippen LogP contribution in [0.15, 0.2) is 48.5 Å². The molecule has 2 aromatic carbocycles. The van der Waals surface area contributed by atoms with E-state index in [4.69, 9.17) is 11.6 Å². The van der Waals surface area contributed by atoms with Crippen molar-refractivity contribution in [2.24, 2.45) is 0 Å². The summed E-state index contributed by atoms with van der Waals surface area (Å²) in [7, 11) is 0. The van der Waals surface area contributed by atoms with Gasteiger partial charge >= 0.3 is 0 Å². The van der Waals surface area contributed by atoms with Crippen LogP contribution < -0.4 is 5.32 Å². The summed E-state index contributed by atoms with van der Waals surface area (Å²) in [4.78, 5) is 0. The maximum atomic E-state index is 13.7. The summed E-state index contributed by atoms with van der Waals surface area (Å²) in [5.74, 6) is -0.175. The Labute approximate surface area is 118 Å².